The van der Waals surface area contributed by atoms with Crippen LogP contribution in [-0.2, 0) is 11.2 Å². The fourth-order valence-electron chi connectivity index (χ4n) is 2.34. The third-order valence-corrected chi connectivity index (χ3v) is 3.64. The highest BCUT2D eigenvalue weighted by Gasteiger charge is 2.11. The van der Waals surface area contributed by atoms with E-state index in [1.54, 1.807) is 14.0 Å². The number of rotatable bonds is 6. The Labute approximate surface area is 130 Å². The second-order valence-corrected chi connectivity index (χ2v) is 5.16. The average Bonchev–Trinajstić information content (AvgIpc) is 2.54. The number of anilines is 1. The van der Waals surface area contributed by atoms with E-state index in [9.17, 15) is 4.79 Å². The van der Waals surface area contributed by atoms with Crippen molar-refractivity contribution >= 4 is 11.7 Å². The number of carbonyl (C=O) groups is 1. The van der Waals surface area contributed by atoms with Gasteiger partial charge in [-0.25, -0.2) is 0 Å². The maximum Gasteiger partial charge on any atom is 0.325 e. The molecule has 0 aliphatic heterocycles. The molecular weight excluding hydrogens is 278 g/mol. The zero-order valence-electron chi connectivity index (χ0n) is 13.1. The molecule has 2 aromatic carbocycles. The minimum Gasteiger partial charge on any atom is -0.497 e. The summed E-state index contributed by atoms with van der Waals surface area (Å²) in [6.07, 6.45) is 0.873. The number of methoxy groups -OCH3 is 1. The van der Waals surface area contributed by atoms with Gasteiger partial charge in [-0.2, -0.15) is 0 Å². The first-order valence-electron chi connectivity index (χ1n) is 7.31. The van der Waals surface area contributed by atoms with Crippen LogP contribution in [0.1, 0.15) is 19.4 Å². The number of ether oxygens (including phenoxy) is 1. The van der Waals surface area contributed by atoms with E-state index in [0.29, 0.717) is 0 Å². The number of carboxylic acids is 1. The molecule has 0 aromatic heterocycles. The van der Waals surface area contributed by atoms with Crippen LogP contribution in [0.25, 0.3) is 11.1 Å². The molecule has 0 spiro atoms. The van der Waals surface area contributed by atoms with Crippen molar-refractivity contribution in [3.8, 4) is 16.9 Å². The Morgan fingerprint density at radius 1 is 1.23 bits per heavy atom. The maximum absolute atomic E-state index is 10.9. The lowest BCUT2D eigenvalue weighted by Crippen LogP contribution is -2.25. The molecule has 2 aromatic rings. The van der Waals surface area contributed by atoms with Crippen molar-refractivity contribution < 1.29 is 14.6 Å². The molecule has 1 atom stereocenters. The van der Waals surface area contributed by atoms with Crippen LogP contribution in [-0.4, -0.2) is 24.2 Å². The summed E-state index contributed by atoms with van der Waals surface area (Å²) in [6.45, 7) is 3.72. The molecular formula is C18H21NO3. The smallest absolute Gasteiger partial charge is 0.325 e. The van der Waals surface area contributed by atoms with Gasteiger partial charge in [0.1, 0.15) is 11.8 Å². The Bertz CT molecular complexity index is 650. The van der Waals surface area contributed by atoms with Crippen LogP contribution in [0.2, 0.25) is 0 Å². The van der Waals surface area contributed by atoms with Crippen LogP contribution in [0.15, 0.2) is 42.5 Å². The van der Waals surface area contributed by atoms with Crippen LogP contribution in [0, 0.1) is 0 Å². The Kier molecular flexibility index (Phi) is 5.04. The highest BCUT2D eigenvalue weighted by Crippen LogP contribution is 2.28. The molecule has 22 heavy (non-hydrogen) atoms. The van der Waals surface area contributed by atoms with Crippen LogP contribution in [0.5, 0.6) is 5.75 Å². The standard InChI is InChI=1S/C18H21NO3/c1-4-13-11-15(19-12(2)18(20)21)7-10-17(13)14-5-8-16(22-3)9-6-14/h5-12,19H,4H2,1-3H3,(H,20,21). The van der Waals surface area contributed by atoms with E-state index in [1.165, 1.54) is 5.56 Å². The molecule has 0 amide bonds. The Morgan fingerprint density at radius 2 is 1.91 bits per heavy atom. The molecule has 0 saturated carbocycles. The maximum atomic E-state index is 10.9. The highest BCUT2D eigenvalue weighted by molar-refractivity contribution is 5.78. The van der Waals surface area contributed by atoms with Gasteiger partial charge in [0.15, 0.2) is 0 Å². The molecule has 2 rings (SSSR count). The van der Waals surface area contributed by atoms with Crippen molar-refractivity contribution in [2.24, 2.45) is 0 Å². The summed E-state index contributed by atoms with van der Waals surface area (Å²) >= 11 is 0. The summed E-state index contributed by atoms with van der Waals surface area (Å²) in [5.41, 5.74) is 4.27. The molecule has 1 unspecified atom stereocenters. The number of carboxylic acid groups (broad SMARTS) is 1. The van der Waals surface area contributed by atoms with E-state index in [2.05, 4.69) is 12.2 Å². The zero-order valence-corrected chi connectivity index (χ0v) is 13.1. The molecule has 4 nitrogen and oxygen atoms in total. The van der Waals surface area contributed by atoms with Gasteiger partial charge >= 0.3 is 5.97 Å². The van der Waals surface area contributed by atoms with Gasteiger partial charge < -0.3 is 15.2 Å². The SMILES string of the molecule is CCc1cc(NC(C)C(=O)O)ccc1-c1ccc(OC)cc1. The van der Waals surface area contributed by atoms with E-state index in [0.717, 1.165) is 29.0 Å². The number of nitrogens with one attached hydrogen (secondary N) is 1. The van der Waals surface area contributed by atoms with E-state index < -0.39 is 12.0 Å². The molecule has 0 radical (unpaired) electrons. The first kappa shape index (κ1) is 15.9. The van der Waals surface area contributed by atoms with Gasteiger partial charge in [0.05, 0.1) is 7.11 Å². The largest absolute Gasteiger partial charge is 0.497 e. The molecule has 0 saturated heterocycles. The third-order valence-electron chi connectivity index (χ3n) is 3.64. The molecule has 4 heteroatoms. The molecule has 2 N–H and O–H groups in total. The molecule has 0 aliphatic rings. The van der Waals surface area contributed by atoms with E-state index in [-0.39, 0.29) is 0 Å². The van der Waals surface area contributed by atoms with Gasteiger partial charge in [0.25, 0.3) is 0 Å². The van der Waals surface area contributed by atoms with Crippen LogP contribution in [0.3, 0.4) is 0 Å². The van der Waals surface area contributed by atoms with Gasteiger partial charge in [-0.05, 0) is 54.3 Å². The van der Waals surface area contributed by atoms with Gasteiger partial charge in [-0.3, -0.25) is 4.79 Å². The third kappa shape index (κ3) is 3.58. The normalized spacial score (nSPS) is 11.8. The van der Waals surface area contributed by atoms with Crippen LogP contribution in [0.4, 0.5) is 5.69 Å². The number of benzene rings is 2. The van der Waals surface area contributed by atoms with E-state index >= 15 is 0 Å². The lowest BCUT2D eigenvalue weighted by Gasteiger charge is -2.15. The van der Waals surface area contributed by atoms with Crippen molar-refractivity contribution in [1.82, 2.24) is 0 Å². The number of hydrogen-bond acceptors (Lipinski definition) is 3. The Balaban J connectivity index is 2.30. The number of aliphatic carboxylic acids is 1. The number of hydrogen-bond donors (Lipinski definition) is 2. The highest BCUT2D eigenvalue weighted by atomic mass is 16.5. The lowest BCUT2D eigenvalue weighted by atomic mass is 9.97. The second kappa shape index (κ2) is 6.98. The Hall–Kier alpha value is -2.49. The van der Waals surface area contributed by atoms with Crippen molar-refractivity contribution in [1.29, 1.82) is 0 Å². The first-order chi connectivity index (χ1) is 10.5. The van der Waals surface area contributed by atoms with Crippen molar-refractivity contribution in [3.05, 3.63) is 48.0 Å². The quantitative estimate of drug-likeness (QED) is 0.851. The summed E-state index contributed by atoms with van der Waals surface area (Å²) in [7, 11) is 1.65. The summed E-state index contributed by atoms with van der Waals surface area (Å²) in [5, 5.41) is 12.0. The van der Waals surface area contributed by atoms with Crippen molar-refractivity contribution in [2.45, 2.75) is 26.3 Å². The lowest BCUT2D eigenvalue weighted by molar-refractivity contribution is -0.137. The molecule has 116 valence electrons. The average molecular weight is 299 g/mol. The summed E-state index contributed by atoms with van der Waals surface area (Å²) in [5.74, 6) is -0.0346. The molecule has 0 aliphatic carbocycles. The topological polar surface area (TPSA) is 58.6 Å². The van der Waals surface area contributed by atoms with Gasteiger partial charge in [-0.15, -0.1) is 0 Å². The van der Waals surface area contributed by atoms with E-state index in [4.69, 9.17) is 9.84 Å². The summed E-state index contributed by atoms with van der Waals surface area (Å²) < 4.78 is 5.18. The van der Waals surface area contributed by atoms with E-state index in [1.807, 2.05) is 42.5 Å². The molecule has 0 fully saturated rings. The van der Waals surface area contributed by atoms with Gasteiger partial charge in [-0.1, -0.05) is 25.1 Å². The second-order valence-electron chi connectivity index (χ2n) is 5.16. The predicted molar refractivity (Wildman–Crippen MR) is 88.5 cm³/mol. The van der Waals surface area contributed by atoms with Crippen molar-refractivity contribution in [3.63, 3.8) is 0 Å². The molecule has 0 heterocycles. The number of aryl methyl sites for hydroxylation is 1. The minimum atomic E-state index is -0.864. The van der Waals surface area contributed by atoms with Gasteiger partial charge in [0, 0.05) is 5.69 Å². The summed E-state index contributed by atoms with van der Waals surface area (Å²) in [4.78, 5) is 10.9. The predicted octanol–water partition coefficient (Wildman–Crippen LogP) is 3.81. The van der Waals surface area contributed by atoms with Crippen LogP contribution < -0.4 is 10.1 Å². The fraction of sp³-hybridized carbons (Fsp3) is 0.278. The van der Waals surface area contributed by atoms with Crippen molar-refractivity contribution in [2.75, 3.05) is 12.4 Å². The molecule has 0 bridgehead atoms. The first-order valence-corrected chi connectivity index (χ1v) is 7.31. The van der Waals surface area contributed by atoms with Gasteiger partial charge in [0.2, 0.25) is 0 Å². The van der Waals surface area contributed by atoms with Crippen LogP contribution >= 0.6 is 0 Å². The minimum absolute atomic E-state index is 0.614. The zero-order chi connectivity index (χ0) is 16.1. The Morgan fingerprint density at radius 3 is 2.45 bits per heavy atom. The monoisotopic (exact) mass is 299 g/mol. The fourth-order valence-corrected chi connectivity index (χ4v) is 2.34. The summed E-state index contributed by atoms with van der Waals surface area (Å²) in [6, 6.07) is 13.3.